The Morgan fingerprint density at radius 2 is 1.18 bits per heavy atom. The van der Waals surface area contributed by atoms with E-state index in [1.54, 1.807) is 122 Å². The van der Waals surface area contributed by atoms with Crippen LogP contribution in [-0.2, 0) is 0 Å². The molecule has 0 nitrogen and oxygen atoms in total. The van der Waals surface area contributed by atoms with Gasteiger partial charge in [0.25, 0.3) is 0 Å². The van der Waals surface area contributed by atoms with Gasteiger partial charge in [-0.1, -0.05) is 122 Å². The third-order valence-electron chi connectivity index (χ3n) is 12.6. The summed E-state index contributed by atoms with van der Waals surface area (Å²) in [6.07, 6.45) is 39.2. The summed E-state index contributed by atoms with van der Waals surface area (Å²) in [6.45, 7) is 2.41. The lowest BCUT2D eigenvalue weighted by atomic mass is 9.44. The first-order valence-corrected chi connectivity index (χ1v) is 16.8. The van der Waals surface area contributed by atoms with Gasteiger partial charge in [0, 0.05) is 0 Å². The molecular formula is C34H60. The quantitative estimate of drug-likeness (QED) is 0.311. The SMILES string of the molecule is CCCCCCC1(C2CCCCC2)CC(C2CCCCC2)CC2C(C3CCCCC3)CCCC21. The van der Waals surface area contributed by atoms with Crippen molar-refractivity contribution >= 4 is 0 Å². The molecule has 5 unspecified atom stereocenters. The number of hydrogen-bond acceptors (Lipinski definition) is 0. The summed E-state index contributed by atoms with van der Waals surface area (Å²) >= 11 is 0. The van der Waals surface area contributed by atoms with Crippen LogP contribution in [0.15, 0.2) is 0 Å². The van der Waals surface area contributed by atoms with E-state index in [1.165, 1.54) is 38.5 Å². The van der Waals surface area contributed by atoms with Gasteiger partial charge >= 0.3 is 0 Å². The second-order valence-corrected chi connectivity index (χ2v) is 14.2. The smallest absolute Gasteiger partial charge is 0.0235 e. The normalized spacial score (nSPS) is 39.1. The topological polar surface area (TPSA) is 0 Å². The van der Waals surface area contributed by atoms with Gasteiger partial charge in [-0.25, -0.2) is 0 Å². The van der Waals surface area contributed by atoms with Crippen molar-refractivity contribution in [2.24, 2.45) is 46.8 Å². The molecule has 0 N–H and O–H groups in total. The first-order chi connectivity index (χ1) is 16.8. The van der Waals surface area contributed by atoms with E-state index >= 15 is 0 Å². The third-order valence-corrected chi connectivity index (χ3v) is 12.6. The lowest BCUT2D eigenvalue weighted by Gasteiger charge is -2.61. The maximum absolute atomic E-state index is 2.41. The lowest BCUT2D eigenvalue weighted by Crippen LogP contribution is -2.53. The number of rotatable bonds is 8. The fourth-order valence-electron chi connectivity index (χ4n) is 11.1. The molecule has 0 saturated heterocycles. The monoisotopic (exact) mass is 468 g/mol. The zero-order valence-electron chi connectivity index (χ0n) is 23.2. The molecule has 5 rings (SSSR count). The predicted octanol–water partition coefficient (Wildman–Crippen LogP) is 11.1. The molecule has 0 spiro atoms. The van der Waals surface area contributed by atoms with Crippen molar-refractivity contribution in [1.82, 2.24) is 0 Å². The van der Waals surface area contributed by atoms with Crippen LogP contribution >= 0.6 is 0 Å². The first kappa shape index (κ1) is 25.6. The van der Waals surface area contributed by atoms with E-state index in [4.69, 9.17) is 0 Å². The van der Waals surface area contributed by atoms with Gasteiger partial charge in [0.2, 0.25) is 0 Å². The summed E-state index contributed by atoms with van der Waals surface area (Å²) < 4.78 is 0. The van der Waals surface area contributed by atoms with Crippen molar-refractivity contribution in [2.75, 3.05) is 0 Å². The summed E-state index contributed by atoms with van der Waals surface area (Å²) in [5.41, 5.74) is 0.743. The molecular weight excluding hydrogens is 408 g/mol. The van der Waals surface area contributed by atoms with Crippen LogP contribution in [0.2, 0.25) is 0 Å². The summed E-state index contributed by atoms with van der Waals surface area (Å²) in [5.74, 6) is 7.73. The van der Waals surface area contributed by atoms with E-state index < -0.39 is 0 Å². The molecule has 5 atom stereocenters. The van der Waals surface area contributed by atoms with Crippen molar-refractivity contribution in [2.45, 2.75) is 167 Å². The Hall–Kier alpha value is 0. The van der Waals surface area contributed by atoms with Gasteiger partial charge in [-0.05, 0) is 91.8 Å². The van der Waals surface area contributed by atoms with Crippen LogP contribution in [0.1, 0.15) is 167 Å². The molecule has 0 bridgehead atoms. The van der Waals surface area contributed by atoms with Crippen LogP contribution in [0.4, 0.5) is 0 Å². The average molecular weight is 469 g/mol. The molecule has 0 aromatic heterocycles. The van der Waals surface area contributed by atoms with Crippen LogP contribution < -0.4 is 0 Å². The summed E-state index contributed by atoms with van der Waals surface area (Å²) in [4.78, 5) is 0. The van der Waals surface area contributed by atoms with Crippen LogP contribution in [0.25, 0.3) is 0 Å². The molecule has 196 valence electrons. The number of fused-ring (bicyclic) bond motifs is 1. The molecule has 0 heteroatoms. The third kappa shape index (κ3) is 5.62. The minimum Gasteiger partial charge on any atom is -0.0654 e. The van der Waals surface area contributed by atoms with Gasteiger partial charge in [-0.3, -0.25) is 0 Å². The van der Waals surface area contributed by atoms with Crippen LogP contribution in [0.3, 0.4) is 0 Å². The summed E-state index contributed by atoms with van der Waals surface area (Å²) in [5, 5.41) is 0. The highest BCUT2D eigenvalue weighted by Gasteiger charge is 2.56. The van der Waals surface area contributed by atoms with Gasteiger partial charge in [0.1, 0.15) is 0 Å². The van der Waals surface area contributed by atoms with Crippen molar-refractivity contribution in [3.63, 3.8) is 0 Å². The van der Waals surface area contributed by atoms with Gasteiger partial charge in [-0.15, -0.1) is 0 Å². The van der Waals surface area contributed by atoms with E-state index in [-0.39, 0.29) is 0 Å². The molecule has 0 aliphatic heterocycles. The van der Waals surface area contributed by atoms with E-state index in [9.17, 15) is 0 Å². The van der Waals surface area contributed by atoms with Gasteiger partial charge < -0.3 is 0 Å². The molecule has 5 aliphatic carbocycles. The van der Waals surface area contributed by atoms with Gasteiger partial charge in [-0.2, -0.15) is 0 Å². The Balaban J connectivity index is 1.45. The van der Waals surface area contributed by atoms with Crippen molar-refractivity contribution < 1.29 is 0 Å². The Morgan fingerprint density at radius 3 is 1.85 bits per heavy atom. The Bertz CT molecular complexity index is 575. The molecule has 0 amide bonds. The van der Waals surface area contributed by atoms with Crippen LogP contribution in [0, 0.1) is 46.8 Å². The highest BCUT2D eigenvalue weighted by Crippen LogP contribution is 2.64. The minimum absolute atomic E-state index is 0.743. The Morgan fingerprint density at radius 1 is 0.529 bits per heavy atom. The molecule has 5 aliphatic rings. The first-order valence-electron chi connectivity index (χ1n) is 16.8. The predicted molar refractivity (Wildman–Crippen MR) is 148 cm³/mol. The van der Waals surface area contributed by atoms with E-state index in [1.807, 2.05) is 0 Å². The highest BCUT2D eigenvalue weighted by atomic mass is 14.6. The molecule has 5 fully saturated rings. The van der Waals surface area contributed by atoms with Gasteiger partial charge in [0.15, 0.2) is 0 Å². The fraction of sp³-hybridized carbons (Fsp3) is 1.00. The maximum Gasteiger partial charge on any atom is -0.0235 e. The average Bonchev–Trinajstić information content (AvgIpc) is 2.92. The molecule has 0 aromatic rings. The van der Waals surface area contributed by atoms with Crippen LogP contribution in [-0.4, -0.2) is 0 Å². The van der Waals surface area contributed by atoms with E-state index in [0.717, 1.165) is 46.8 Å². The van der Waals surface area contributed by atoms with Crippen LogP contribution in [0.5, 0.6) is 0 Å². The maximum atomic E-state index is 2.41. The summed E-state index contributed by atoms with van der Waals surface area (Å²) in [6, 6.07) is 0. The Kier molecular flexibility index (Phi) is 9.42. The summed E-state index contributed by atoms with van der Waals surface area (Å²) in [7, 11) is 0. The second kappa shape index (κ2) is 12.5. The largest absolute Gasteiger partial charge is 0.0654 e. The zero-order chi connectivity index (χ0) is 23.2. The molecule has 5 saturated carbocycles. The molecule has 0 heterocycles. The fourth-order valence-corrected chi connectivity index (χ4v) is 11.1. The lowest BCUT2D eigenvalue weighted by molar-refractivity contribution is -0.118. The van der Waals surface area contributed by atoms with Crippen molar-refractivity contribution in [3.8, 4) is 0 Å². The molecule has 0 radical (unpaired) electrons. The van der Waals surface area contributed by atoms with E-state index in [2.05, 4.69) is 6.92 Å². The number of unbranched alkanes of at least 4 members (excludes halogenated alkanes) is 3. The number of hydrogen-bond donors (Lipinski definition) is 0. The highest BCUT2D eigenvalue weighted by molar-refractivity contribution is 5.05. The zero-order valence-corrected chi connectivity index (χ0v) is 23.2. The van der Waals surface area contributed by atoms with Crippen molar-refractivity contribution in [3.05, 3.63) is 0 Å². The van der Waals surface area contributed by atoms with Crippen molar-refractivity contribution in [1.29, 1.82) is 0 Å². The Labute approximate surface area is 214 Å². The molecule has 0 aromatic carbocycles. The minimum atomic E-state index is 0.743. The second-order valence-electron chi connectivity index (χ2n) is 14.2. The molecule has 34 heavy (non-hydrogen) atoms. The van der Waals surface area contributed by atoms with Gasteiger partial charge in [0.05, 0.1) is 0 Å². The van der Waals surface area contributed by atoms with E-state index in [0.29, 0.717) is 0 Å². The standard InChI is InChI=1S/C34H60/c1-2-3-4-14-24-34(30-20-12-7-13-21-30)26-29(27-16-8-5-9-17-27)25-32-31(22-15-23-33(32)34)28-18-10-6-11-19-28/h27-33H,2-26H2,1H3.